The molecule has 0 aliphatic carbocycles. The Morgan fingerprint density at radius 2 is 1.77 bits per heavy atom. The molecule has 1 N–H and O–H groups in total. The SMILES string of the molecule is O=C(NCCn1nc(-c2ccc(Cl)cc2)ccc1=O)c1cc(-c2ccccc2)on1. The molecule has 4 rings (SSSR count). The first-order valence-electron chi connectivity index (χ1n) is 9.24. The molecule has 0 radical (unpaired) electrons. The van der Waals surface area contributed by atoms with Crippen molar-refractivity contribution in [3.63, 3.8) is 0 Å². The lowest BCUT2D eigenvalue weighted by atomic mass is 10.1. The normalized spacial score (nSPS) is 10.7. The number of amides is 1. The number of hydrogen-bond donors (Lipinski definition) is 1. The van der Waals surface area contributed by atoms with Gasteiger partial charge in [0.2, 0.25) is 0 Å². The van der Waals surface area contributed by atoms with Gasteiger partial charge >= 0.3 is 0 Å². The number of nitrogens with zero attached hydrogens (tertiary/aromatic N) is 3. The molecule has 0 aliphatic rings. The summed E-state index contributed by atoms with van der Waals surface area (Å²) in [7, 11) is 0. The van der Waals surface area contributed by atoms with Crippen LogP contribution in [0.5, 0.6) is 0 Å². The third-order valence-electron chi connectivity index (χ3n) is 4.42. The van der Waals surface area contributed by atoms with Crippen LogP contribution in [0.3, 0.4) is 0 Å². The van der Waals surface area contributed by atoms with E-state index in [0.29, 0.717) is 16.5 Å². The van der Waals surface area contributed by atoms with Gasteiger partial charge in [0, 0.05) is 34.8 Å². The molecule has 0 saturated carbocycles. The standard InChI is InChI=1S/C22H17ClN4O3/c23-17-8-6-15(7-9-17)18-10-11-21(28)27(25-18)13-12-24-22(29)19-14-20(30-26-19)16-4-2-1-3-5-16/h1-11,14H,12-13H2,(H,24,29). The van der Waals surface area contributed by atoms with Gasteiger partial charge in [0.25, 0.3) is 11.5 Å². The third-order valence-corrected chi connectivity index (χ3v) is 4.67. The molecule has 2 heterocycles. The molecule has 4 aromatic rings. The number of benzene rings is 2. The molecule has 150 valence electrons. The van der Waals surface area contributed by atoms with E-state index in [1.54, 1.807) is 24.3 Å². The van der Waals surface area contributed by atoms with Gasteiger partial charge in [0.05, 0.1) is 12.2 Å². The lowest BCUT2D eigenvalue weighted by Gasteiger charge is -2.08. The van der Waals surface area contributed by atoms with Gasteiger partial charge in [0.15, 0.2) is 11.5 Å². The van der Waals surface area contributed by atoms with Crippen molar-refractivity contribution in [3.8, 4) is 22.6 Å². The van der Waals surface area contributed by atoms with E-state index in [1.807, 2.05) is 42.5 Å². The largest absolute Gasteiger partial charge is 0.355 e. The fourth-order valence-electron chi connectivity index (χ4n) is 2.87. The second kappa shape index (κ2) is 8.75. The summed E-state index contributed by atoms with van der Waals surface area (Å²) in [5.74, 6) is 0.122. The van der Waals surface area contributed by atoms with Crippen molar-refractivity contribution in [2.75, 3.05) is 6.54 Å². The first-order valence-corrected chi connectivity index (χ1v) is 9.62. The van der Waals surface area contributed by atoms with Gasteiger partial charge in [-0.05, 0) is 18.2 Å². The van der Waals surface area contributed by atoms with E-state index in [1.165, 1.54) is 10.7 Å². The van der Waals surface area contributed by atoms with Crippen LogP contribution in [0.1, 0.15) is 10.5 Å². The molecule has 0 fully saturated rings. The lowest BCUT2D eigenvalue weighted by Crippen LogP contribution is -2.32. The molecule has 0 bridgehead atoms. The summed E-state index contributed by atoms with van der Waals surface area (Å²) < 4.78 is 6.55. The van der Waals surface area contributed by atoms with E-state index in [0.717, 1.165) is 11.1 Å². The van der Waals surface area contributed by atoms with E-state index in [4.69, 9.17) is 16.1 Å². The Balaban J connectivity index is 1.40. The van der Waals surface area contributed by atoms with Crippen molar-refractivity contribution in [2.45, 2.75) is 6.54 Å². The van der Waals surface area contributed by atoms with Gasteiger partial charge < -0.3 is 9.84 Å². The quantitative estimate of drug-likeness (QED) is 0.514. The van der Waals surface area contributed by atoms with Gasteiger partial charge in [-0.1, -0.05) is 59.2 Å². The smallest absolute Gasteiger partial charge is 0.273 e. The second-order valence-corrected chi connectivity index (χ2v) is 6.92. The zero-order valence-electron chi connectivity index (χ0n) is 15.8. The summed E-state index contributed by atoms with van der Waals surface area (Å²) in [5.41, 5.74) is 2.23. The second-order valence-electron chi connectivity index (χ2n) is 6.49. The highest BCUT2D eigenvalue weighted by molar-refractivity contribution is 6.30. The van der Waals surface area contributed by atoms with Crippen LogP contribution in [0.4, 0.5) is 0 Å². The predicted octanol–water partition coefficient (Wildman–Crippen LogP) is 3.65. The first-order chi connectivity index (χ1) is 14.6. The van der Waals surface area contributed by atoms with Crippen LogP contribution in [0, 0.1) is 0 Å². The van der Waals surface area contributed by atoms with Gasteiger partial charge in [-0.3, -0.25) is 9.59 Å². The van der Waals surface area contributed by atoms with Crippen LogP contribution in [-0.2, 0) is 6.54 Å². The first kappa shape index (κ1) is 19.6. The van der Waals surface area contributed by atoms with Gasteiger partial charge in [0.1, 0.15) is 0 Å². The minimum Gasteiger partial charge on any atom is -0.355 e. The maximum Gasteiger partial charge on any atom is 0.273 e. The Kier molecular flexibility index (Phi) is 5.72. The minimum absolute atomic E-state index is 0.170. The fourth-order valence-corrected chi connectivity index (χ4v) is 3.00. The molecular formula is C22H17ClN4O3. The Hall–Kier alpha value is -3.71. The van der Waals surface area contributed by atoms with Crippen molar-refractivity contribution >= 4 is 17.5 Å². The average Bonchev–Trinajstić information content (AvgIpc) is 3.27. The summed E-state index contributed by atoms with van der Waals surface area (Å²) in [6, 6.07) is 21.2. The van der Waals surface area contributed by atoms with Crippen LogP contribution >= 0.6 is 11.6 Å². The van der Waals surface area contributed by atoms with Gasteiger partial charge in [-0.15, -0.1) is 0 Å². The van der Waals surface area contributed by atoms with Crippen LogP contribution in [0.25, 0.3) is 22.6 Å². The van der Waals surface area contributed by atoms with Crippen LogP contribution in [-0.4, -0.2) is 27.4 Å². The molecular weight excluding hydrogens is 404 g/mol. The zero-order valence-corrected chi connectivity index (χ0v) is 16.5. The minimum atomic E-state index is -0.386. The summed E-state index contributed by atoms with van der Waals surface area (Å²) in [5, 5.41) is 11.5. The van der Waals surface area contributed by atoms with Crippen molar-refractivity contribution in [2.24, 2.45) is 0 Å². The molecule has 0 spiro atoms. The maximum absolute atomic E-state index is 12.3. The topological polar surface area (TPSA) is 90.0 Å². The molecule has 7 nitrogen and oxygen atoms in total. The Morgan fingerprint density at radius 1 is 1.00 bits per heavy atom. The number of hydrogen-bond acceptors (Lipinski definition) is 5. The third kappa shape index (κ3) is 4.47. The summed E-state index contributed by atoms with van der Waals surface area (Å²) in [6.45, 7) is 0.429. The van der Waals surface area contributed by atoms with E-state index in [-0.39, 0.29) is 30.2 Å². The van der Waals surface area contributed by atoms with E-state index < -0.39 is 0 Å². The van der Waals surface area contributed by atoms with Crippen LogP contribution in [0.15, 0.2) is 82.1 Å². The Labute approximate surface area is 176 Å². The molecule has 1 amide bonds. The molecule has 2 aromatic carbocycles. The van der Waals surface area contributed by atoms with Gasteiger partial charge in [-0.25, -0.2) is 4.68 Å². The summed E-state index contributed by atoms with van der Waals surface area (Å²) in [4.78, 5) is 24.4. The van der Waals surface area contributed by atoms with Crippen molar-refractivity contribution in [1.82, 2.24) is 20.3 Å². The zero-order chi connectivity index (χ0) is 20.9. The van der Waals surface area contributed by atoms with E-state index >= 15 is 0 Å². The molecule has 8 heteroatoms. The van der Waals surface area contributed by atoms with Crippen molar-refractivity contribution in [1.29, 1.82) is 0 Å². The van der Waals surface area contributed by atoms with Crippen molar-refractivity contribution < 1.29 is 9.32 Å². The summed E-state index contributed by atoms with van der Waals surface area (Å²) in [6.07, 6.45) is 0. The molecule has 30 heavy (non-hydrogen) atoms. The van der Waals surface area contributed by atoms with Crippen molar-refractivity contribution in [3.05, 3.63) is 93.9 Å². The summed E-state index contributed by atoms with van der Waals surface area (Å²) >= 11 is 5.91. The number of carbonyl (C=O) groups excluding carboxylic acids is 1. The average molecular weight is 421 g/mol. The number of nitrogens with one attached hydrogen (secondary N) is 1. The molecule has 0 aliphatic heterocycles. The van der Waals surface area contributed by atoms with E-state index in [2.05, 4.69) is 15.6 Å². The van der Waals surface area contributed by atoms with Crippen LogP contribution < -0.4 is 10.9 Å². The number of rotatable bonds is 6. The maximum atomic E-state index is 12.3. The number of halogens is 1. The Bertz CT molecular complexity index is 1220. The fraction of sp³-hybridized carbons (Fsp3) is 0.0909. The highest BCUT2D eigenvalue weighted by Crippen LogP contribution is 2.20. The Morgan fingerprint density at radius 3 is 2.53 bits per heavy atom. The lowest BCUT2D eigenvalue weighted by molar-refractivity contribution is 0.0943. The number of aromatic nitrogens is 3. The molecule has 0 unspecified atom stereocenters. The molecule has 0 saturated heterocycles. The van der Waals surface area contributed by atoms with Gasteiger partial charge in [-0.2, -0.15) is 5.10 Å². The van der Waals surface area contributed by atoms with Crippen LogP contribution in [0.2, 0.25) is 5.02 Å². The highest BCUT2D eigenvalue weighted by atomic mass is 35.5. The highest BCUT2D eigenvalue weighted by Gasteiger charge is 2.13. The predicted molar refractivity (Wildman–Crippen MR) is 113 cm³/mol. The molecule has 2 aromatic heterocycles. The monoisotopic (exact) mass is 420 g/mol. The number of carbonyl (C=O) groups is 1. The van der Waals surface area contributed by atoms with E-state index in [9.17, 15) is 9.59 Å². The molecule has 0 atom stereocenters.